The zero-order valence-electron chi connectivity index (χ0n) is 11.6. The Balaban J connectivity index is 2.60. The third kappa shape index (κ3) is 4.89. The quantitative estimate of drug-likeness (QED) is 0.750. The number of carbonyl (C=O) groups is 2. The summed E-state index contributed by atoms with van der Waals surface area (Å²) in [5.74, 6) is -0.871. The Bertz CT molecular complexity index is 461. The van der Waals surface area contributed by atoms with Gasteiger partial charge in [0.1, 0.15) is 5.75 Å². The van der Waals surface area contributed by atoms with Crippen LogP contribution in [0.1, 0.15) is 23.7 Å². The van der Waals surface area contributed by atoms with E-state index in [1.165, 1.54) is 7.11 Å². The first kappa shape index (κ1) is 16.0. The highest BCUT2D eigenvalue weighted by atomic mass is 16.5. The van der Waals surface area contributed by atoms with E-state index in [0.29, 0.717) is 17.9 Å². The van der Waals surface area contributed by atoms with Gasteiger partial charge in [0, 0.05) is 12.7 Å². The van der Waals surface area contributed by atoms with E-state index in [1.54, 1.807) is 24.3 Å². The van der Waals surface area contributed by atoms with Crippen LogP contribution in [-0.4, -0.2) is 43.3 Å². The van der Waals surface area contributed by atoms with Crippen molar-refractivity contribution in [1.82, 2.24) is 5.32 Å². The van der Waals surface area contributed by atoms with E-state index in [9.17, 15) is 9.59 Å². The number of methoxy groups -OCH3 is 1. The van der Waals surface area contributed by atoms with Gasteiger partial charge in [0.15, 0.2) is 6.10 Å². The van der Waals surface area contributed by atoms with E-state index in [0.717, 1.165) is 6.42 Å². The molecule has 6 nitrogen and oxygen atoms in total. The number of amides is 1. The van der Waals surface area contributed by atoms with Crippen LogP contribution in [0.15, 0.2) is 24.3 Å². The summed E-state index contributed by atoms with van der Waals surface area (Å²) in [6, 6.07) is 6.73. The van der Waals surface area contributed by atoms with Crippen molar-refractivity contribution in [3.05, 3.63) is 29.8 Å². The van der Waals surface area contributed by atoms with E-state index in [2.05, 4.69) is 5.32 Å². The highest BCUT2D eigenvalue weighted by Crippen LogP contribution is 2.13. The van der Waals surface area contributed by atoms with Crippen LogP contribution in [0.5, 0.6) is 5.75 Å². The molecule has 0 heterocycles. The molecule has 20 heavy (non-hydrogen) atoms. The SMILES string of the molecule is CCCOc1cccc(C(=O)NCC(OC)C(=O)O)c1. The molecule has 6 heteroatoms. The Morgan fingerprint density at radius 3 is 2.75 bits per heavy atom. The molecule has 1 rings (SSSR count). The summed E-state index contributed by atoms with van der Waals surface area (Å²) < 4.78 is 10.2. The van der Waals surface area contributed by atoms with Gasteiger partial charge < -0.3 is 19.9 Å². The number of rotatable bonds is 8. The number of hydrogen-bond donors (Lipinski definition) is 2. The number of carboxylic acids is 1. The number of nitrogens with one attached hydrogen (secondary N) is 1. The number of ether oxygens (including phenoxy) is 2. The minimum absolute atomic E-state index is 0.0925. The molecule has 0 saturated carbocycles. The van der Waals surface area contributed by atoms with Crippen LogP contribution in [0.3, 0.4) is 0 Å². The van der Waals surface area contributed by atoms with Crippen LogP contribution in [0.4, 0.5) is 0 Å². The van der Waals surface area contributed by atoms with Gasteiger partial charge in [0.2, 0.25) is 0 Å². The normalized spacial score (nSPS) is 11.7. The molecule has 110 valence electrons. The van der Waals surface area contributed by atoms with Crippen molar-refractivity contribution in [2.24, 2.45) is 0 Å². The number of aliphatic carboxylic acids is 1. The van der Waals surface area contributed by atoms with Crippen molar-refractivity contribution in [3.63, 3.8) is 0 Å². The summed E-state index contributed by atoms with van der Waals surface area (Å²) >= 11 is 0. The molecule has 0 aromatic heterocycles. The van der Waals surface area contributed by atoms with E-state index in [1.807, 2.05) is 6.92 Å². The van der Waals surface area contributed by atoms with Crippen molar-refractivity contribution < 1.29 is 24.2 Å². The molecule has 1 atom stereocenters. The van der Waals surface area contributed by atoms with Crippen molar-refractivity contribution in [2.45, 2.75) is 19.4 Å². The molecule has 0 radical (unpaired) electrons. The lowest BCUT2D eigenvalue weighted by molar-refractivity contribution is -0.148. The van der Waals surface area contributed by atoms with Gasteiger partial charge >= 0.3 is 5.97 Å². The average molecular weight is 281 g/mol. The summed E-state index contributed by atoms with van der Waals surface area (Å²) in [5, 5.41) is 11.3. The second-order valence-corrected chi connectivity index (χ2v) is 4.15. The third-order valence-electron chi connectivity index (χ3n) is 2.58. The van der Waals surface area contributed by atoms with Crippen LogP contribution in [0.25, 0.3) is 0 Å². The molecule has 2 N–H and O–H groups in total. The van der Waals surface area contributed by atoms with Crippen molar-refractivity contribution in [3.8, 4) is 5.75 Å². The molecule has 0 saturated heterocycles. The Labute approximate surface area is 117 Å². The largest absolute Gasteiger partial charge is 0.494 e. The van der Waals surface area contributed by atoms with Crippen molar-refractivity contribution in [1.29, 1.82) is 0 Å². The lowest BCUT2D eigenvalue weighted by Gasteiger charge is -2.12. The van der Waals surface area contributed by atoms with Crippen molar-refractivity contribution in [2.75, 3.05) is 20.3 Å². The molecule has 1 aromatic rings. The highest BCUT2D eigenvalue weighted by molar-refractivity contribution is 5.94. The Morgan fingerprint density at radius 1 is 1.40 bits per heavy atom. The number of carboxylic acid groups (broad SMARTS) is 1. The first-order valence-corrected chi connectivity index (χ1v) is 6.35. The average Bonchev–Trinajstić information content (AvgIpc) is 2.45. The summed E-state index contributed by atoms with van der Waals surface area (Å²) in [6.07, 6.45) is -0.177. The minimum Gasteiger partial charge on any atom is -0.494 e. The maximum absolute atomic E-state index is 11.9. The maximum atomic E-state index is 11.9. The van der Waals surface area contributed by atoms with Crippen LogP contribution in [0.2, 0.25) is 0 Å². The molecule has 0 aliphatic carbocycles. The Morgan fingerprint density at radius 2 is 2.15 bits per heavy atom. The maximum Gasteiger partial charge on any atom is 0.334 e. The Kier molecular flexibility index (Phi) is 6.52. The number of carbonyl (C=O) groups excluding carboxylic acids is 1. The summed E-state index contributed by atoms with van der Waals surface area (Å²) in [7, 11) is 1.28. The van der Waals surface area contributed by atoms with Gasteiger partial charge in [-0.05, 0) is 24.6 Å². The van der Waals surface area contributed by atoms with Crippen molar-refractivity contribution >= 4 is 11.9 Å². The second-order valence-electron chi connectivity index (χ2n) is 4.15. The first-order chi connectivity index (χ1) is 9.58. The lowest BCUT2D eigenvalue weighted by Crippen LogP contribution is -2.37. The molecule has 0 fully saturated rings. The first-order valence-electron chi connectivity index (χ1n) is 6.35. The predicted octanol–water partition coefficient (Wildman–Crippen LogP) is 1.30. The summed E-state index contributed by atoms with van der Waals surface area (Å²) in [6.45, 7) is 2.48. The molecular formula is C14H19NO5. The number of hydrogen-bond acceptors (Lipinski definition) is 4. The molecular weight excluding hydrogens is 262 g/mol. The fraction of sp³-hybridized carbons (Fsp3) is 0.429. The van der Waals surface area contributed by atoms with Crippen LogP contribution in [0, 0.1) is 0 Å². The minimum atomic E-state index is -1.12. The summed E-state index contributed by atoms with van der Waals surface area (Å²) in [4.78, 5) is 22.7. The number of benzene rings is 1. The molecule has 0 spiro atoms. The van der Waals surface area contributed by atoms with Gasteiger partial charge in [-0.3, -0.25) is 4.79 Å². The smallest absolute Gasteiger partial charge is 0.334 e. The zero-order chi connectivity index (χ0) is 15.0. The molecule has 0 aliphatic heterocycles. The van der Waals surface area contributed by atoms with E-state index < -0.39 is 12.1 Å². The van der Waals surface area contributed by atoms with Gasteiger partial charge in [0.25, 0.3) is 5.91 Å². The van der Waals surface area contributed by atoms with Gasteiger partial charge in [-0.2, -0.15) is 0 Å². The van der Waals surface area contributed by atoms with E-state index in [-0.39, 0.29) is 12.5 Å². The molecule has 1 amide bonds. The topological polar surface area (TPSA) is 84.9 Å². The molecule has 0 aliphatic rings. The zero-order valence-corrected chi connectivity index (χ0v) is 11.6. The van der Waals surface area contributed by atoms with E-state index in [4.69, 9.17) is 14.6 Å². The molecule has 0 bridgehead atoms. The van der Waals surface area contributed by atoms with Crippen LogP contribution in [-0.2, 0) is 9.53 Å². The monoisotopic (exact) mass is 281 g/mol. The Hall–Kier alpha value is -2.08. The van der Waals surface area contributed by atoms with Gasteiger partial charge in [-0.25, -0.2) is 4.79 Å². The summed E-state index contributed by atoms with van der Waals surface area (Å²) in [5.41, 5.74) is 0.416. The predicted molar refractivity (Wildman–Crippen MR) is 73.0 cm³/mol. The standard InChI is InChI=1S/C14H19NO5/c1-3-7-20-11-6-4-5-10(8-11)13(16)15-9-12(19-2)14(17)18/h4-6,8,12H,3,7,9H2,1-2H3,(H,15,16)(H,17,18). The fourth-order valence-electron chi connectivity index (χ4n) is 1.51. The molecule has 1 aromatic carbocycles. The fourth-order valence-corrected chi connectivity index (χ4v) is 1.51. The van der Waals surface area contributed by atoms with Gasteiger partial charge in [0.05, 0.1) is 13.2 Å². The van der Waals surface area contributed by atoms with Crippen LogP contribution >= 0.6 is 0 Å². The molecule has 1 unspecified atom stereocenters. The van der Waals surface area contributed by atoms with Crippen LogP contribution < -0.4 is 10.1 Å². The van der Waals surface area contributed by atoms with Gasteiger partial charge in [-0.1, -0.05) is 13.0 Å². The van der Waals surface area contributed by atoms with Gasteiger partial charge in [-0.15, -0.1) is 0 Å². The highest BCUT2D eigenvalue weighted by Gasteiger charge is 2.17. The van der Waals surface area contributed by atoms with E-state index >= 15 is 0 Å². The third-order valence-corrected chi connectivity index (χ3v) is 2.58. The lowest BCUT2D eigenvalue weighted by atomic mass is 10.2. The second kappa shape index (κ2) is 8.16.